The van der Waals surface area contributed by atoms with Gasteiger partial charge in [0.05, 0.1) is 5.56 Å². The zero-order valence-corrected chi connectivity index (χ0v) is 16.5. The molecule has 28 heavy (non-hydrogen) atoms. The first kappa shape index (κ1) is 18.8. The Bertz CT molecular complexity index is 971. The van der Waals surface area contributed by atoms with Crippen molar-refractivity contribution in [3.63, 3.8) is 0 Å². The molecule has 0 saturated carbocycles. The molecule has 0 aliphatic heterocycles. The van der Waals surface area contributed by atoms with E-state index >= 15 is 0 Å². The fourth-order valence-corrected chi connectivity index (χ4v) is 4.95. The van der Waals surface area contributed by atoms with Crippen LogP contribution in [-0.4, -0.2) is 16.1 Å². The number of carboxylic acid groups (broad SMARTS) is 1. The molecule has 1 heterocycles. The van der Waals surface area contributed by atoms with Crippen LogP contribution in [0.1, 0.15) is 52.2 Å². The molecule has 0 spiro atoms. The quantitative estimate of drug-likeness (QED) is 0.563. The molecule has 0 saturated heterocycles. The molecule has 1 aromatic heterocycles. The van der Waals surface area contributed by atoms with E-state index in [0.29, 0.717) is 11.5 Å². The molecule has 4 rings (SSSR count). The Kier molecular flexibility index (Phi) is 5.77. The van der Waals surface area contributed by atoms with Crippen molar-refractivity contribution in [2.45, 2.75) is 47.8 Å². The van der Waals surface area contributed by atoms with Crippen molar-refractivity contribution in [3.8, 4) is 0 Å². The minimum atomic E-state index is -0.871. The molecule has 3 aromatic rings. The number of carboxylic acids is 1. The Morgan fingerprint density at radius 3 is 2.79 bits per heavy atom. The predicted octanol–water partition coefficient (Wildman–Crippen LogP) is 5.98. The number of aryl methyl sites for hydroxylation is 2. The SMILES string of the molecule is O=C(O)c1ccncc1CCC1CCCc2cc(Sc3ccccc3)ccc21. The van der Waals surface area contributed by atoms with Crippen molar-refractivity contribution in [1.29, 1.82) is 0 Å². The fourth-order valence-electron chi connectivity index (χ4n) is 4.04. The highest BCUT2D eigenvalue weighted by Crippen LogP contribution is 2.38. The third kappa shape index (κ3) is 4.28. The maximum Gasteiger partial charge on any atom is 0.336 e. The molecule has 1 aliphatic carbocycles. The molecule has 0 radical (unpaired) electrons. The van der Waals surface area contributed by atoms with Crippen molar-refractivity contribution in [1.82, 2.24) is 4.98 Å². The summed E-state index contributed by atoms with van der Waals surface area (Å²) in [5.41, 5.74) is 4.09. The highest BCUT2D eigenvalue weighted by molar-refractivity contribution is 7.99. The second-order valence-corrected chi connectivity index (χ2v) is 8.39. The molecule has 1 atom stereocenters. The summed E-state index contributed by atoms with van der Waals surface area (Å²) in [5.74, 6) is -0.384. The fraction of sp³-hybridized carbons (Fsp3) is 0.250. The highest BCUT2D eigenvalue weighted by Gasteiger charge is 2.21. The number of carbonyl (C=O) groups is 1. The molecule has 3 nitrogen and oxygen atoms in total. The number of nitrogens with zero attached hydrogens (tertiary/aromatic N) is 1. The van der Waals surface area contributed by atoms with Gasteiger partial charge in [-0.3, -0.25) is 4.98 Å². The van der Waals surface area contributed by atoms with Gasteiger partial charge in [0.15, 0.2) is 0 Å². The number of rotatable bonds is 6. The topological polar surface area (TPSA) is 50.2 Å². The van der Waals surface area contributed by atoms with Crippen molar-refractivity contribution < 1.29 is 9.90 Å². The summed E-state index contributed by atoms with van der Waals surface area (Å²) < 4.78 is 0. The molecule has 1 aliphatic rings. The van der Waals surface area contributed by atoms with Gasteiger partial charge in [-0.15, -0.1) is 0 Å². The third-order valence-electron chi connectivity index (χ3n) is 5.43. The van der Waals surface area contributed by atoms with Gasteiger partial charge in [0, 0.05) is 22.2 Å². The van der Waals surface area contributed by atoms with Crippen molar-refractivity contribution in [2.24, 2.45) is 0 Å². The van der Waals surface area contributed by atoms with Gasteiger partial charge in [-0.05, 0) is 85.0 Å². The number of aromatic carboxylic acids is 1. The van der Waals surface area contributed by atoms with E-state index in [1.807, 2.05) is 6.07 Å². The molecule has 1 unspecified atom stereocenters. The predicted molar refractivity (Wildman–Crippen MR) is 112 cm³/mol. The molecule has 1 N–H and O–H groups in total. The zero-order chi connectivity index (χ0) is 19.3. The standard InChI is InChI=1S/C24H23NO2S/c26-24(27)23-13-14-25-16-19(23)10-9-17-5-4-6-18-15-21(11-12-22(17)18)28-20-7-2-1-3-8-20/h1-3,7-8,11-17H,4-6,9-10H2,(H,26,27). The Labute approximate surface area is 169 Å². The summed E-state index contributed by atoms with van der Waals surface area (Å²) >= 11 is 1.80. The van der Waals surface area contributed by atoms with Crippen molar-refractivity contribution in [3.05, 3.63) is 89.2 Å². The maximum absolute atomic E-state index is 11.4. The van der Waals surface area contributed by atoms with E-state index in [4.69, 9.17) is 0 Å². The lowest BCUT2D eigenvalue weighted by Gasteiger charge is -2.26. The summed E-state index contributed by atoms with van der Waals surface area (Å²) in [6.07, 6.45) is 8.45. The smallest absolute Gasteiger partial charge is 0.336 e. The number of hydrogen-bond donors (Lipinski definition) is 1. The van der Waals surface area contributed by atoms with Gasteiger partial charge in [-0.2, -0.15) is 0 Å². The first-order chi connectivity index (χ1) is 13.7. The number of benzene rings is 2. The van der Waals surface area contributed by atoms with Crippen LogP contribution >= 0.6 is 11.8 Å². The maximum atomic E-state index is 11.4. The van der Waals surface area contributed by atoms with Crippen LogP contribution in [0.3, 0.4) is 0 Å². The van der Waals surface area contributed by atoms with E-state index < -0.39 is 5.97 Å². The second-order valence-electron chi connectivity index (χ2n) is 7.24. The average molecular weight is 390 g/mol. The molecule has 142 valence electrons. The van der Waals surface area contributed by atoms with Gasteiger partial charge in [-0.1, -0.05) is 36.0 Å². The Balaban J connectivity index is 1.49. The minimum Gasteiger partial charge on any atom is -0.478 e. The molecule has 0 bridgehead atoms. The summed E-state index contributed by atoms with van der Waals surface area (Å²) in [4.78, 5) is 18.1. The van der Waals surface area contributed by atoms with Gasteiger partial charge in [0.2, 0.25) is 0 Å². The Hall–Kier alpha value is -2.59. The van der Waals surface area contributed by atoms with E-state index in [1.54, 1.807) is 30.2 Å². The van der Waals surface area contributed by atoms with Crippen LogP contribution in [0.5, 0.6) is 0 Å². The summed E-state index contributed by atoms with van der Waals surface area (Å²) in [5, 5.41) is 9.38. The lowest BCUT2D eigenvalue weighted by atomic mass is 9.80. The number of pyridine rings is 1. The van der Waals surface area contributed by atoms with E-state index in [1.165, 1.54) is 33.8 Å². The zero-order valence-electron chi connectivity index (χ0n) is 15.7. The lowest BCUT2D eigenvalue weighted by Crippen LogP contribution is -2.12. The van der Waals surface area contributed by atoms with Crippen LogP contribution in [0.4, 0.5) is 0 Å². The van der Waals surface area contributed by atoms with E-state index in [9.17, 15) is 9.90 Å². The van der Waals surface area contributed by atoms with Crippen LogP contribution in [0.15, 0.2) is 76.8 Å². The normalized spacial score (nSPS) is 15.8. The van der Waals surface area contributed by atoms with Gasteiger partial charge < -0.3 is 5.11 Å². The Morgan fingerprint density at radius 1 is 1.11 bits per heavy atom. The van der Waals surface area contributed by atoms with Crippen LogP contribution in [0.25, 0.3) is 0 Å². The molecule has 4 heteroatoms. The van der Waals surface area contributed by atoms with Gasteiger partial charge in [0.25, 0.3) is 0 Å². The van der Waals surface area contributed by atoms with Crippen LogP contribution in [-0.2, 0) is 12.8 Å². The van der Waals surface area contributed by atoms with Crippen LogP contribution in [0.2, 0.25) is 0 Å². The second kappa shape index (κ2) is 8.61. The molecule has 0 fully saturated rings. The van der Waals surface area contributed by atoms with Crippen molar-refractivity contribution >= 4 is 17.7 Å². The van der Waals surface area contributed by atoms with E-state index in [0.717, 1.165) is 24.8 Å². The monoisotopic (exact) mass is 389 g/mol. The van der Waals surface area contributed by atoms with E-state index in [-0.39, 0.29) is 0 Å². The highest BCUT2D eigenvalue weighted by atomic mass is 32.2. The number of aromatic nitrogens is 1. The molecular weight excluding hydrogens is 366 g/mol. The third-order valence-corrected chi connectivity index (χ3v) is 6.43. The summed E-state index contributed by atoms with van der Waals surface area (Å²) in [6, 6.07) is 18.9. The minimum absolute atomic E-state index is 0.376. The van der Waals surface area contributed by atoms with Crippen LogP contribution in [0, 0.1) is 0 Å². The Morgan fingerprint density at radius 2 is 1.96 bits per heavy atom. The van der Waals surface area contributed by atoms with Gasteiger partial charge >= 0.3 is 5.97 Å². The number of fused-ring (bicyclic) bond motifs is 1. The van der Waals surface area contributed by atoms with Crippen molar-refractivity contribution in [2.75, 3.05) is 0 Å². The van der Waals surface area contributed by atoms with Crippen LogP contribution < -0.4 is 0 Å². The van der Waals surface area contributed by atoms with E-state index in [2.05, 4.69) is 47.4 Å². The summed E-state index contributed by atoms with van der Waals surface area (Å²) in [6.45, 7) is 0. The average Bonchev–Trinajstić information content (AvgIpc) is 2.73. The number of hydrogen-bond acceptors (Lipinski definition) is 3. The van der Waals surface area contributed by atoms with Gasteiger partial charge in [-0.25, -0.2) is 4.79 Å². The largest absolute Gasteiger partial charge is 0.478 e. The first-order valence-corrected chi connectivity index (χ1v) is 10.5. The molecule has 2 aromatic carbocycles. The first-order valence-electron chi connectivity index (χ1n) is 9.72. The molecular formula is C24H23NO2S. The molecule has 0 amide bonds. The lowest BCUT2D eigenvalue weighted by molar-refractivity contribution is 0.0695. The van der Waals surface area contributed by atoms with Gasteiger partial charge in [0.1, 0.15) is 0 Å². The summed E-state index contributed by atoms with van der Waals surface area (Å²) in [7, 11) is 0.